The molecule has 2 aliphatic rings. The van der Waals surface area contributed by atoms with Crippen molar-refractivity contribution in [3.8, 4) is 11.5 Å². The first-order chi connectivity index (χ1) is 14.2. The van der Waals surface area contributed by atoms with Crippen LogP contribution in [-0.4, -0.2) is 67.0 Å². The van der Waals surface area contributed by atoms with Crippen LogP contribution in [0.25, 0.3) is 0 Å². The van der Waals surface area contributed by atoms with E-state index in [1.807, 2.05) is 18.2 Å². The van der Waals surface area contributed by atoms with Crippen LogP contribution in [0.15, 0.2) is 24.3 Å². The molecule has 1 amide bonds. The SMILES string of the molecule is Cc1nc(NCCN2CCOCC2)cc(C(=O)NCc2ccc3c(c2)OCO3)n1. The summed E-state index contributed by atoms with van der Waals surface area (Å²) in [5.41, 5.74) is 1.27. The minimum atomic E-state index is -0.246. The molecule has 0 radical (unpaired) electrons. The smallest absolute Gasteiger partial charge is 0.270 e. The maximum Gasteiger partial charge on any atom is 0.270 e. The molecule has 1 aromatic heterocycles. The molecule has 0 bridgehead atoms. The molecule has 29 heavy (non-hydrogen) atoms. The van der Waals surface area contributed by atoms with E-state index in [1.54, 1.807) is 13.0 Å². The second-order valence-electron chi connectivity index (χ2n) is 6.94. The Morgan fingerprint density at radius 1 is 1.14 bits per heavy atom. The van der Waals surface area contributed by atoms with E-state index in [0.29, 0.717) is 29.6 Å². The Hall–Kier alpha value is -2.91. The van der Waals surface area contributed by atoms with Gasteiger partial charge in [0, 0.05) is 38.8 Å². The topological polar surface area (TPSA) is 97.8 Å². The molecule has 9 heteroatoms. The van der Waals surface area contributed by atoms with Gasteiger partial charge < -0.3 is 24.8 Å². The van der Waals surface area contributed by atoms with Crippen molar-refractivity contribution in [2.45, 2.75) is 13.5 Å². The first-order valence-electron chi connectivity index (χ1n) is 9.74. The van der Waals surface area contributed by atoms with Gasteiger partial charge in [0.2, 0.25) is 6.79 Å². The van der Waals surface area contributed by atoms with Crippen molar-refractivity contribution in [3.63, 3.8) is 0 Å². The quantitative estimate of drug-likeness (QED) is 0.717. The molecule has 1 fully saturated rings. The summed E-state index contributed by atoms with van der Waals surface area (Å²) in [6.45, 7) is 7.47. The van der Waals surface area contributed by atoms with Crippen molar-refractivity contribution in [2.75, 3.05) is 51.5 Å². The number of aromatic nitrogens is 2. The lowest BCUT2D eigenvalue weighted by atomic mass is 10.2. The number of carbonyl (C=O) groups excluding carboxylic acids is 1. The maximum absolute atomic E-state index is 12.6. The number of morpholine rings is 1. The predicted molar refractivity (Wildman–Crippen MR) is 106 cm³/mol. The van der Waals surface area contributed by atoms with Gasteiger partial charge in [-0.3, -0.25) is 9.69 Å². The fourth-order valence-corrected chi connectivity index (χ4v) is 3.27. The Morgan fingerprint density at radius 3 is 2.83 bits per heavy atom. The zero-order chi connectivity index (χ0) is 20.1. The Morgan fingerprint density at radius 2 is 1.97 bits per heavy atom. The molecule has 3 heterocycles. The number of nitrogens with zero attached hydrogens (tertiary/aromatic N) is 3. The zero-order valence-corrected chi connectivity index (χ0v) is 16.4. The molecule has 9 nitrogen and oxygen atoms in total. The third-order valence-electron chi connectivity index (χ3n) is 4.80. The number of fused-ring (bicyclic) bond motifs is 1. The number of ether oxygens (including phenoxy) is 3. The minimum absolute atomic E-state index is 0.229. The van der Waals surface area contributed by atoms with Crippen molar-refractivity contribution >= 4 is 11.7 Å². The molecule has 4 rings (SSSR count). The highest BCUT2D eigenvalue weighted by Gasteiger charge is 2.15. The molecule has 2 N–H and O–H groups in total. The number of amides is 1. The average molecular weight is 399 g/mol. The molecule has 2 aliphatic heterocycles. The zero-order valence-electron chi connectivity index (χ0n) is 16.4. The monoisotopic (exact) mass is 399 g/mol. The van der Waals surface area contributed by atoms with Gasteiger partial charge in [0.1, 0.15) is 17.3 Å². The molecule has 154 valence electrons. The van der Waals surface area contributed by atoms with Gasteiger partial charge >= 0.3 is 0 Å². The van der Waals surface area contributed by atoms with Crippen LogP contribution < -0.4 is 20.1 Å². The molecule has 1 saturated heterocycles. The summed E-state index contributed by atoms with van der Waals surface area (Å²) in [7, 11) is 0. The van der Waals surface area contributed by atoms with Gasteiger partial charge in [-0.2, -0.15) is 0 Å². The van der Waals surface area contributed by atoms with Gasteiger partial charge in [0.15, 0.2) is 11.5 Å². The summed E-state index contributed by atoms with van der Waals surface area (Å²) in [6, 6.07) is 7.29. The summed E-state index contributed by atoms with van der Waals surface area (Å²) in [6.07, 6.45) is 0. The highest BCUT2D eigenvalue weighted by molar-refractivity contribution is 5.92. The Labute approximate surface area is 169 Å². The average Bonchev–Trinajstić information content (AvgIpc) is 3.20. The molecule has 0 unspecified atom stereocenters. The first-order valence-corrected chi connectivity index (χ1v) is 9.74. The van der Waals surface area contributed by atoms with E-state index < -0.39 is 0 Å². The summed E-state index contributed by atoms with van der Waals surface area (Å²) in [5.74, 6) is 2.37. The summed E-state index contributed by atoms with van der Waals surface area (Å²) in [4.78, 5) is 23.6. The standard InChI is InChI=1S/C20H25N5O4/c1-14-23-16(11-19(24-14)21-4-5-25-6-8-27-9-7-25)20(26)22-12-15-2-3-17-18(10-15)29-13-28-17/h2-3,10-11H,4-9,12-13H2,1H3,(H,22,26)(H,21,23,24). The van der Waals surface area contributed by atoms with Gasteiger partial charge in [-0.25, -0.2) is 9.97 Å². The van der Waals surface area contributed by atoms with E-state index in [-0.39, 0.29) is 12.7 Å². The predicted octanol–water partition coefficient (Wildman–Crippen LogP) is 1.19. The minimum Gasteiger partial charge on any atom is -0.454 e. The molecule has 1 aromatic carbocycles. The maximum atomic E-state index is 12.6. The number of hydrogen-bond donors (Lipinski definition) is 2. The third-order valence-corrected chi connectivity index (χ3v) is 4.80. The number of carbonyl (C=O) groups is 1. The van der Waals surface area contributed by atoms with E-state index in [4.69, 9.17) is 14.2 Å². The number of hydrogen-bond acceptors (Lipinski definition) is 8. The van der Waals surface area contributed by atoms with Gasteiger partial charge in [0.25, 0.3) is 5.91 Å². The third kappa shape index (κ3) is 5.12. The molecule has 0 aliphatic carbocycles. The lowest BCUT2D eigenvalue weighted by Gasteiger charge is -2.26. The lowest BCUT2D eigenvalue weighted by molar-refractivity contribution is 0.0398. The molecule has 0 saturated carbocycles. The molecule has 0 atom stereocenters. The van der Waals surface area contributed by atoms with E-state index >= 15 is 0 Å². The van der Waals surface area contributed by atoms with Crippen molar-refractivity contribution in [2.24, 2.45) is 0 Å². The van der Waals surface area contributed by atoms with Crippen LogP contribution in [0.1, 0.15) is 21.9 Å². The van der Waals surface area contributed by atoms with Gasteiger partial charge in [-0.05, 0) is 24.6 Å². The Balaban J connectivity index is 1.31. The summed E-state index contributed by atoms with van der Waals surface area (Å²) in [5, 5.41) is 6.18. The van der Waals surface area contributed by atoms with Crippen LogP contribution >= 0.6 is 0 Å². The van der Waals surface area contributed by atoms with Crippen LogP contribution in [-0.2, 0) is 11.3 Å². The largest absolute Gasteiger partial charge is 0.454 e. The molecule has 0 spiro atoms. The normalized spacial score (nSPS) is 15.9. The van der Waals surface area contributed by atoms with E-state index in [2.05, 4.69) is 25.5 Å². The number of aryl methyl sites for hydroxylation is 1. The Bertz CT molecular complexity index is 870. The van der Waals surface area contributed by atoms with Gasteiger partial charge in [-0.15, -0.1) is 0 Å². The summed E-state index contributed by atoms with van der Waals surface area (Å²) < 4.78 is 16.0. The highest BCUT2D eigenvalue weighted by Crippen LogP contribution is 2.32. The molecular formula is C20H25N5O4. The van der Waals surface area contributed by atoms with Gasteiger partial charge in [0.05, 0.1) is 13.2 Å². The highest BCUT2D eigenvalue weighted by atomic mass is 16.7. The fourth-order valence-electron chi connectivity index (χ4n) is 3.27. The number of anilines is 1. The lowest BCUT2D eigenvalue weighted by Crippen LogP contribution is -2.39. The van der Waals surface area contributed by atoms with Crippen LogP contribution in [0.5, 0.6) is 11.5 Å². The van der Waals surface area contributed by atoms with Crippen molar-refractivity contribution < 1.29 is 19.0 Å². The fraction of sp³-hybridized carbons (Fsp3) is 0.450. The second-order valence-corrected chi connectivity index (χ2v) is 6.94. The van der Waals surface area contributed by atoms with Crippen molar-refractivity contribution in [1.29, 1.82) is 0 Å². The first kappa shape index (κ1) is 19.4. The Kier molecular flexibility index (Phi) is 6.06. The molecule has 2 aromatic rings. The number of nitrogens with one attached hydrogen (secondary N) is 2. The van der Waals surface area contributed by atoms with Crippen molar-refractivity contribution in [3.05, 3.63) is 41.3 Å². The number of rotatable bonds is 7. The second kappa shape index (κ2) is 9.06. The van der Waals surface area contributed by atoms with E-state index in [9.17, 15) is 4.79 Å². The van der Waals surface area contributed by atoms with E-state index in [0.717, 1.165) is 50.7 Å². The summed E-state index contributed by atoms with van der Waals surface area (Å²) >= 11 is 0. The van der Waals surface area contributed by atoms with Crippen molar-refractivity contribution in [1.82, 2.24) is 20.2 Å². The van der Waals surface area contributed by atoms with E-state index in [1.165, 1.54) is 0 Å². The van der Waals surface area contributed by atoms with Crippen LogP contribution in [0.4, 0.5) is 5.82 Å². The van der Waals surface area contributed by atoms with Crippen LogP contribution in [0.3, 0.4) is 0 Å². The number of benzene rings is 1. The van der Waals surface area contributed by atoms with Gasteiger partial charge in [-0.1, -0.05) is 6.07 Å². The van der Waals surface area contributed by atoms with Crippen LogP contribution in [0.2, 0.25) is 0 Å². The van der Waals surface area contributed by atoms with Crippen LogP contribution in [0, 0.1) is 6.92 Å². The molecular weight excluding hydrogens is 374 g/mol.